The van der Waals surface area contributed by atoms with Crippen LogP contribution in [0.3, 0.4) is 0 Å². The van der Waals surface area contributed by atoms with Crippen molar-refractivity contribution in [1.82, 2.24) is 0 Å². The molecule has 5 nitrogen and oxygen atoms in total. The number of methoxy groups -OCH3 is 3. The number of phenols is 2. The van der Waals surface area contributed by atoms with Crippen LogP contribution in [0.2, 0.25) is 0 Å². The molecular formula is C27H26O5P+. The van der Waals surface area contributed by atoms with Crippen LogP contribution < -0.4 is 35.4 Å². The predicted molar refractivity (Wildman–Crippen MR) is 134 cm³/mol. The van der Waals surface area contributed by atoms with Gasteiger partial charge in [0.1, 0.15) is 46.2 Å². The van der Waals surface area contributed by atoms with E-state index in [-0.39, 0.29) is 11.5 Å². The number of hydrogen-bond donors (Lipinski definition) is 2. The van der Waals surface area contributed by atoms with Gasteiger partial charge in [0.25, 0.3) is 0 Å². The van der Waals surface area contributed by atoms with Crippen molar-refractivity contribution in [2.75, 3.05) is 21.3 Å². The van der Waals surface area contributed by atoms with Crippen molar-refractivity contribution in [3.63, 3.8) is 0 Å². The van der Waals surface area contributed by atoms with E-state index < -0.39 is 7.26 Å². The largest absolute Gasteiger partial charge is 0.508 e. The summed E-state index contributed by atoms with van der Waals surface area (Å²) in [6, 6.07) is 28.3. The molecule has 0 aliphatic heterocycles. The first-order valence-electron chi connectivity index (χ1n) is 10.4. The lowest BCUT2D eigenvalue weighted by Gasteiger charge is -2.28. The molecule has 4 rings (SSSR count). The predicted octanol–water partition coefficient (Wildman–Crippen LogP) is 3.74. The van der Waals surface area contributed by atoms with E-state index in [1.807, 2.05) is 72.8 Å². The van der Waals surface area contributed by atoms with E-state index in [1.54, 1.807) is 27.4 Å². The monoisotopic (exact) mass is 461 g/mol. The van der Waals surface area contributed by atoms with Gasteiger partial charge in [0.05, 0.1) is 21.3 Å². The fourth-order valence-electron chi connectivity index (χ4n) is 4.06. The third kappa shape index (κ3) is 4.08. The Bertz CT molecular complexity index is 1100. The fourth-order valence-corrected chi connectivity index (χ4v) is 8.32. The highest BCUT2D eigenvalue weighted by molar-refractivity contribution is 8.01. The van der Waals surface area contributed by atoms with Gasteiger partial charge in [-0.2, -0.15) is 0 Å². The van der Waals surface area contributed by atoms with Crippen molar-refractivity contribution in [3.05, 3.63) is 91.0 Å². The molecule has 33 heavy (non-hydrogen) atoms. The van der Waals surface area contributed by atoms with Crippen LogP contribution in [0.5, 0.6) is 28.7 Å². The van der Waals surface area contributed by atoms with E-state index in [4.69, 9.17) is 14.2 Å². The molecule has 0 radical (unpaired) electrons. The summed E-state index contributed by atoms with van der Waals surface area (Å²) >= 11 is 0. The molecular weight excluding hydrogens is 435 g/mol. The van der Waals surface area contributed by atoms with Crippen LogP contribution in [0.4, 0.5) is 0 Å². The quantitative estimate of drug-likeness (QED) is 0.324. The first-order chi connectivity index (χ1) is 16.0. The summed E-state index contributed by atoms with van der Waals surface area (Å²) in [4.78, 5) is 0. The molecule has 0 aromatic heterocycles. The van der Waals surface area contributed by atoms with Gasteiger partial charge in [-0.25, -0.2) is 0 Å². The van der Waals surface area contributed by atoms with Crippen LogP contribution in [-0.2, 0) is 0 Å². The van der Waals surface area contributed by atoms with E-state index in [1.165, 1.54) is 12.1 Å². The van der Waals surface area contributed by atoms with Crippen LogP contribution in [0, 0.1) is 0 Å². The van der Waals surface area contributed by atoms with Crippen molar-refractivity contribution in [1.29, 1.82) is 0 Å². The van der Waals surface area contributed by atoms with Gasteiger partial charge >= 0.3 is 0 Å². The molecule has 168 valence electrons. The third-order valence-corrected chi connectivity index (χ3v) is 10.00. The average molecular weight is 461 g/mol. The standard InChI is InChI=1S/C27H25O5P/c1-30-20-5-11-23(12-6-20)33(24-13-7-21(31-2)8-14-24,25-15-9-22(32-3)10-16-25)27-18-19(28)4-17-26(27)29/h4-18H,1-3H3,(H-,28,29)/p+1. The molecule has 0 heterocycles. The summed E-state index contributed by atoms with van der Waals surface area (Å²) < 4.78 is 16.2. The maximum absolute atomic E-state index is 11.1. The van der Waals surface area contributed by atoms with E-state index in [0.29, 0.717) is 5.30 Å². The third-order valence-electron chi connectivity index (χ3n) is 5.70. The minimum Gasteiger partial charge on any atom is -0.508 e. The number of aromatic hydroxyl groups is 2. The average Bonchev–Trinajstić information content (AvgIpc) is 2.87. The van der Waals surface area contributed by atoms with Crippen LogP contribution in [0.1, 0.15) is 0 Å². The second kappa shape index (κ2) is 9.43. The number of benzene rings is 4. The molecule has 0 fully saturated rings. The molecule has 0 aliphatic carbocycles. The number of hydrogen-bond acceptors (Lipinski definition) is 5. The lowest BCUT2D eigenvalue weighted by atomic mass is 10.3. The van der Waals surface area contributed by atoms with E-state index in [0.717, 1.165) is 33.2 Å². The first kappa shape index (κ1) is 22.5. The highest BCUT2D eigenvalue weighted by Gasteiger charge is 2.50. The minimum atomic E-state index is -2.64. The summed E-state index contributed by atoms with van der Waals surface area (Å²) in [5.74, 6) is 2.41. The molecule has 4 aromatic carbocycles. The molecule has 6 heteroatoms. The molecule has 0 bridgehead atoms. The molecule has 4 aromatic rings. The highest BCUT2D eigenvalue weighted by Crippen LogP contribution is 2.56. The molecule has 2 N–H and O–H groups in total. The topological polar surface area (TPSA) is 68.2 Å². The van der Waals surface area contributed by atoms with Crippen LogP contribution in [0.25, 0.3) is 0 Å². The maximum Gasteiger partial charge on any atom is 0.159 e. The summed E-state index contributed by atoms with van der Waals surface area (Å²) in [6.07, 6.45) is 0. The molecule has 0 amide bonds. The van der Waals surface area contributed by atoms with Crippen molar-refractivity contribution in [3.8, 4) is 28.7 Å². The second-order valence-electron chi connectivity index (χ2n) is 7.44. The Balaban J connectivity index is 2.12. The zero-order valence-corrected chi connectivity index (χ0v) is 19.6. The number of ether oxygens (including phenoxy) is 3. The van der Waals surface area contributed by atoms with Crippen molar-refractivity contribution in [2.24, 2.45) is 0 Å². The van der Waals surface area contributed by atoms with Gasteiger partial charge in [0.15, 0.2) is 11.1 Å². The molecule has 0 saturated carbocycles. The van der Waals surface area contributed by atoms with Crippen LogP contribution in [-0.4, -0.2) is 31.5 Å². The van der Waals surface area contributed by atoms with E-state index in [9.17, 15) is 10.2 Å². The zero-order chi connectivity index (χ0) is 23.4. The summed E-state index contributed by atoms with van der Waals surface area (Å²) in [5.41, 5.74) is 0. The molecule has 0 aliphatic rings. The molecule has 0 unspecified atom stereocenters. The Hall–Kier alpha value is -3.69. The van der Waals surface area contributed by atoms with Gasteiger partial charge in [0, 0.05) is 6.07 Å². The van der Waals surface area contributed by atoms with Gasteiger partial charge in [-0.15, -0.1) is 0 Å². The van der Waals surface area contributed by atoms with Crippen molar-refractivity contribution >= 4 is 28.5 Å². The Kier molecular flexibility index (Phi) is 6.43. The summed E-state index contributed by atoms with van der Waals surface area (Å²) in [6.45, 7) is 0. The lowest BCUT2D eigenvalue weighted by Crippen LogP contribution is -2.38. The lowest BCUT2D eigenvalue weighted by molar-refractivity contribution is 0.415. The van der Waals surface area contributed by atoms with Gasteiger partial charge in [-0.1, -0.05) is 0 Å². The van der Waals surface area contributed by atoms with Gasteiger partial charge in [-0.05, 0) is 84.9 Å². The fraction of sp³-hybridized carbons (Fsp3) is 0.111. The van der Waals surface area contributed by atoms with Crippen molar-refractivity contribution in [2.45, 2.75) is 0 Å². The Morgan fingerprint density at radius 2 is 0.879 bits per heavy atom. The summed E-state index contributed by atoms with van der Waals surface area (Å²) in [7, 11) is 2.25. The normalized spacial score (nSPS) is 11.1. The van der Waals surface area contributed by atoms with Gasteiger partial charge in [0.2, 0.25) is 0 Å². The SMILES string of the molecule is COc1ccc([P+](c2ccc(OC)cc2)(c2ccc(OC)cc2)c2cc(O)ccc2O)cc1. The second-order valence-corrected chi connectivity index (χ2v) is 10.8. The summed E-state index contributed by atoms with van der Waals surface area (Å²) in [5, 5.41) is 25.2. The highest BCUT2D eigenvalue weighted by atomic mass is 31.2. The van der Waals surface area contributed by atoms with Crippen molar-refractivity contribution < 1.29 is 24.4 Å². The molecule has 0 spiro atoms. The maximum atomic E-state index is 11.1. The van der Waals surface area contributed by atoms with E-state index >= 15 is 0 Å². The molecule has 0 saturated heterocycles. The first-order valence-corrected chi connectivity index (χ1v) is 12.2. The van der Waals surface area contributed by atoms with Gasteiger partial charge in [-0.3, -0.25) is 0 Å². The molecule has 0 atom stereocenters. The number of rotatable bonds is 7. The Labute approximate surface area is 194 Å². The zero-order valence-electron chi connectivity index (χ0n) is 18.7. The minimum absolute atomic E-state index is 0.0858. The van der Waals surface area contributed by atoms with E-state index in [2.05, 4.69) is 0 Å². The number of phenolic OH excluding ortho intramolecular Hbond substituents is 2. The van der Waals surface area contributed by atoms with Crippen LogP contribution >= 0.6 is 7.26 Å². The van der Waals surface area contributed by atoms with Gasteiger partial charge < -0.3 is 24.4 Å². The Morgan fingerprint density at radius 3 is 1.21 bits per heavy atom. The smallest absolute Gasteiger partial charge is 0.159 e. The van der Waals surface area contributed by atoms with Crippen LogP contribution in [0.15, 0.2) is 91.0 Å². The Morgan fingerprint density at radius 1 is 0.515 bits per heavy atom.